The van der Waals surface area contributed by atoms with Gasteiger partial charge in [-0.25, -0.2) is 9.36 Å². The second-order valence-corrected chi connectivity index (χ2v) is 23.0. The maximum Gasteiger partial charge on any atom is 0.472 e. The third-order valence-corrected chi connectivity index (χ3v) is 15.8. The minimum absolute atomic E-state index is 0.0568. The van der Waals surface area contributed by atoms with E-state index in [1.807, 2.05) is 6.08 Å². The summed E-state index contributed by atoms with van der Waals surface area (Å²) in [6.07, 6.45) is 3.31. The Labute approximate surface area is 478 Å². The van der Waals surface area contributed by atoms with Gasteiger partial charge in [0.05, 0.1) is 19.8 Å². The summed E-state index contributed by atoms with van der Waals surface area (Å²) in [5.74, 6) is -1.59. The summed E-state index contributed by atoms with van der Waals surface area (Å²) in [5.41, 5.74) is 0. The Morgan fingerprint density at radius 3 is 1.36 bits per heavy atom. The molecule has 0 aromatic rings. The summed E-state index contributed by atoms with van der Waals surface area (Å²) < 4.78 is 57.9. The number of aliphatic hydroxyl groups is 11. The lowest BCUT2D eigenvalue weighted by molar-refractivity contribution is -0.360. The summed E-state index contributed by atoms with van der Waals surface area (Å²) in [5, 5.41) is 117. The van der Waals surface area contributed by atoms with Crippen molar-refractivity contribution in [1.82, 2.24) is 0 Å². The second kappa shape index (κ2) is 41.7. The number of rotatable bonds is 43. The van der Waals surface area contributed by atoms with E-state index in [-0.39, 0.29) is 6.42 Å². The molecule has 0 spiro atoms. The SMILES string of the molecule is CCCCCC/C=C\CCCCCCCCCC(=O)OC(COC(=O)/C=C/C=C/CCCCCCCCCCCCC)COP(=O)(O)OC1C(OC2OC(CO)C(O)C(O)C2O)C(O)C(O)C(O)C1OC1OC(CO)C(O)C(O)C1O. The van der Waals surface area contributed by atoms with Crippen molar-refractivity contribution in [2.45, 2.75) is 285 Å². The minimum Gasteiger partial charge on any atom is -0.458 e. The number of hydrogen-bond acceptors (Lipinski definition) is 22. The van der Waals surface area contributed by atoms with Crippen LogP contribution in [0, 0.1) is 0 Å². The number of phosphoric acid groups is 1. The number of unbranched alkanes of at least 4 members (excludes halogenated alkanes) is 22. The van der Waals surface area contributed by atoms with Crippen molar-refractivity contribution >= 4 is 19.8 Å². The van der Waals surface area contributed by atoms with Crippen molar-refractivity contribution in [2.24, 2.45) is 0 Å². The molecule has 3 aliphatic rings. The van der Waals surface area contributed by atoms with Crippen molar-refractivity contribution in [3.63, 3.8) is 0 Å². The second-order valence-electron chi connectivity index (χ2n) is 21.6. The molecule has 81 heavy (non-hydrogen) atoms. The van der Waals surface area contributed by atoms with Gasteiger partial charge >= 0.3 is 19.8 Å². The van der Waals surface area contributed by atoms with Crippen LogP contribution in [0.25, 0.3) is 0 Å². The number of ether oxygens (including phenoxy) is 6. The minimum atomic E-state index is -5.66. The molecule has 12 N–H and O–H groups in total. The Hall–Kier alpha value is -2.33. The molecule has 1 saturated carbocycles. The van der Waals surface area contributed by atoms with Gasteiger partial charge in [0.2, 0.25) is 0 Å². The number of phosphoric ester groups is 1. The van der Waals surface area contributed by atoms with Crippen LogP contribution in [0.1, 0.15) is 181 Å². The average Bonchev–Trinajstić information content (AvgIpc) is 3.59. The van der Waals surface area contributed by atoms with Gasteiger partial charge < -0.3 is 89.5 Å². The molecule has 1 aliphatic carbocycles. The maximum atomic E-state index is 14.0. The standard InChI is InChI=1S/C57H101O23P/c1-3-5-7-9-11-13-15-17-19-21-23-25-27-29-31-33-42(60)73-37-39(75-43(61)34-32-30-28-26-24-22-20-18-16-14-12-10-8-6-4-2)38-74-81(71,72)80-55-53(78-56-51(69)46(64)44(62)40(35-58)76-56)49(67)48(66)50(68)54(55)79-57-52(70)47(65)45(63)41(36-59)77-57/h14,16,27,29,31,33,39-41,44-59,62-70H,3-13,15,17-26,28,30,32,34-38H2,1-2H3,(H,71,72)/b16-14-,29-27+,33-31+. The van der Waals surface area contributed by atoms with E-state index in [4.69, 9.17) is 37.5 Å². The van der Waals surface area contributed by atoms with E-state index in [2.05, 4.69) is 26.0 Å². The van der Waals surface area contributed by atoms with Crippen molar-refractivity contribution in [3.8, 4) is 0 Å². The Balaban J connectivity index is 1.72. The number of carbonyl (C=O) groups is 2. The smallest absolute Gasteiger partial charge is 0.458 e. The van der Waals surface area contributed by atoms with Crippen LogP contribution in [-0.4, -0.2) is 204 Å². The molecule has 0 bridgehead atoms. The van der Waals surface area contributed by atoms with Crippen LogP contribution in [-0.2, 0) is 51.6 Å². The number of hydrogen-bond donors (Lipinski definition) is 12. The van der Waals surface area contributed by atoms with E-state index in [1.54, 1.807) is 6.08 Å². The first-order valence-electron chi connectivity index (χ1n) is 29.9. The molecule has 472 valence electrons. The lowest BCUT2D eigenvalue weighted by Crippen LogP contribution is -2.69. The highest BCUT2D eigenvalue weighted by atomic mass is 31.2. The van der Waals surface area contributed by atoms with E-state index in [9.17, 15) is 75.2 Å². The molecule has 3 fully saturated rings. The highest BCUT2D eigenvalue weighted by Crippen LogP contribution is 2.49. The van der Waals surface area contributed by atoms with Crippen LogP contribution in [0.4, 0.5) is 0 Å². The lowest BCUT2D eigenvalue weighted by Gasteiger charge is -2.49. The molecule has 0 radical (unpaired) electrons. The Morgan fingerprint density at radius 2 is 0.901 bits per heavy atom. The van der Waals surface area contributed by atoms with Gasteiger partial charge in [-0.15, -0.1) is 0 Å². The van der Waals surface area contributed by atoms with Crippen LogP contribution in [0.15, 0.2) is 36.5 Å². The van der Waals surface area contributed by atoms with Crippen molar-refractivity contribution in [1.29, 1.82) is 0 Å². The largest absolute Gasteiger partial charge is 0.472 e. The van der Waals surface area contributed by atoms with Gasteiger partial charge in [0.15, 0.2) is 18.7 Å². The van der Waals surface area contributed by atoms with Crippen LogP contribution >= 0.6 is 7.82 Å². The first kappa shape index (κ1) is 72.9. The molecule has 3 rings (SSSR count). The first-order valence-corrected chi connectivity index (χ1v) is 31.4. The van der Waals surface area contributed by atoms with Crippen molar-refractivity contribution < 1.29 is 113 Å². The third-order valence-electron chi connectivity index (χ3n) is 14.8. The highest BCUT2D eigenvalue weighted by Gasteiger charge is 2.58. The topological polar surface area (TPSA) is 368 Å². The summed E-state index contributed by atoms with van der Waals surface area (Å²) in [6.45, 7) is 0.874. The number of aliphatic hydroxyl groups excluding tert-OH is 11. The van der Waals surface area contributed by atoms with E-state index >= 15 is 0 Å². The first-order chi connectivity index (χ1) is 38.9. The van der Waals surface area contributed by atoms with Gasteiger partial charge in [0.1, 0.15) is 92.1 Å². The van der Waals surface area contributed by atoms with Gasteiger partial charge in [-0.2, -0.15) is 0 Å². The monoisotopic (exact) mass is 1180 g/mol. The van der Waals surface area contributed by atoms with E-state index in [0.29, 0.717) is 12.8 Å². The summed E-state index contributed by atoms with van der Waals surface area (Å²) in [4.78, 5) is 37.4. The molecule has 2 aliphatic heterocycles. The van der Waals surface area contributed by atoms with Crippen LogP contribution in [0.5, 0.6) is 0 Å². The predicted molar refractivity (Wildman–Crippen MR) is 296 cm³/mol. The maximum absolute atomic E-state index is 14.0. The zero-order valence-electron chi connectivity index (χ0n) is 47.8. The number of esters is 2. The van der Waals surface area contributed by atoms with Crippen LogP contribution < -0.4 is 0 Å². The Morgan fingerprint density at radius 1 is 0.494 bits per heavy atom. The predicted octanol–water partition coefficient (Wildman–Crippen LogP) is 4.26. The molecular formula is C57H101O23P. The van der Waals surface area contributed by atoms with Gasteiger partial charge in [0, 0.05) is 12.5 Å². The van der Waals surface area contributed by atoms with Crippen molar-refractivity contribution in [2.75, 3.05) is 26.4 Å². The third kappa shape index (κ3) is 27.3. The van der Waals surface area contributed by atoms with E-state index < -0.39 is 150 Å². The molecule has 2 saturated heterocycles. The van der Waals surface area contributed by atoms with Gasteiger partial charge in [-0.05, 0) is 44.9 Å². The molecular weight excluding hydrogens is 1080 g/mol. The number of carbonyl (C=O) groups excluding carboxylic acids is 2. The lowest BCUT2D eigenvalue weighted by atomic mass is 9.84. The van der Waals surface area contributed by atoms with Gasteiger partial charge in [-0.1, -0.05) is 160 Å². The van der Waals surface area contributed by atoms with Crippen molar-refractivity contribution in [3.05, 3.63) is 36.5 Å². The quantitative estimate of drug-likeness (QED) is 0.0101. The van der Waals surface area contributed by atoms with Gasteiger partial charge in [0.25, 0.3) is 0 Å². The Bertz CT molecular complexity index is 1750. The molecule has 0 aromatic heterocycles. The average molecular weight is 1190 g/mol. The highest BCUT2D eigenvalue weighted by molar-refractivity contribution is 7.47. The normalized spacial score (nSPS) is 31.2. The zero-order chi connectivity index (χ0) is 59.6. The van der Waals surface area contributed by atoms with Crippen LogP contribution in [0.2, 0.25) is 0 Å². The number of allylic oxidation sites excluding steroid dienone is 5. The molecule has 24 heteroatoms. The molecule has 23 nitrogen and oxygen atoms in total. The van der Waals surface area contributed by atoms with E-state index in [1.165, 1.54) is 83.1 Å². The van der Waals surface area contributed by atoms with E-state index in [0.717, 1.165) is 76.7 Å². The fraction of sp³-hybridized carbons (Fsp3) is 0.860. The Kier molecular flexibility index (Phi) is 37.5. The summed E-state index contributed by atoms with van der Waals surface area (Å²) in [6, 6.07) is 0. The molecule has 0 amide bonds. The summed E-state index contributed by atoms with van der Waals surface area (Å²) >= 11 is 0. The fourth-order valence-corrected chi connectivity index (χ4v) is 10.8. The zero-order valence-corrected chi connectivity index (χ0v) is 48.7. The molecule has 0 aromatic carbocycles. The van der Waals surface area contributed by atoms with Crippen LogP contribution in [0.3, 0.4) is 0 Å². The van der Waals surface area contributed by atoms with Gasteiger partial charge in [-0.3, -0.25) is 13.8 Å². The molecule has 16 atom stereocenters. The molecule has 16 unspecified atom stereocenters. The molecule has 2 heterocycles. The summed E-state index contributed by atoms with van der Waals surface area (Å²) in [7, 11) is -5.66. The fourth-order valence-electron chi connectivity index (χ4n) is 9.79.